The predicted octanol–water partition coefficient (Wildman–Crippen LogP) is 1.03. The van der Waals surface area contributed by atoms with Gasteiger partial charge in [0, 0.05) is 31.4 Å². The molecule has 6 heteroatoms. The Morgan fingerprint density at radius 1 is 1.40 bits per heavy atom. The lowest BCUT2D eigenvalue weighted by Crippen LogP contribution is -2.37. The highest BCUT2D eigenvalue weighted by molar-refractivity contribution is 5.96. The molecule has 20 heavy (non-hydrogen) atoms. The zero-order valence-corrected chi connectivity index (χ0v) is 11.6. The normalized spacial score (nSPS) is 26.6. The van der Waals surface area contributed by atoms with Gasteiger partial charge in [0.15, 0.2) is 5.82 Å². The molecule has 0 saturated carbocycles. The molecule has 2 aliphatic heterocycles. The maximum Gasteiger partial charge on any atom is 0.337 e. The van der Waals surface area contributed by atoms with E-state index in [0.29, 0.717) is 17.9 Å². The molecule has 2 atom stereocenters. The van der Waals surface area contributed by atoms with Crippen LogP contribution in [0.2, 0.25) is 0 Å². The highest BCUT2D eigenvalue weighted by Gasteiger charge is 2.35. The van der Waals surface area contributed by atoms with Gasteiger partial charge in [-0.15, -0.1) is 0 Å². The van der Waals surface area contributed by atoms with Crippen LogP contribution in [0.5, 0.6) is 0 Å². The van der Waals surface area contributed by atoms with Gasteiger partial charge < -0.3 is 15.7 Å². The molecule has 0 spiro atoms. The van der Waals surface area contributed by atoms with Crippen LogP contribution in [0.15, 0.2) is 12.3 Å². The van der Waals surface area contributed by atoms with E-state index in [0.717, 1.165) is 19.5 Å². The van der Waals surface area contributed by atoms with Crippen molar-refractivity contribution in [3.05, 3.63) is 17.8 Å². The van der Waals surface area contributed by atoms with Crippen molar-refractivity contribution in [3.63, 3.8) is 0 Å². The Balaban J connectivity index is 1.90. The topological polar surface area (TPSA) is 82.7 Å². The number of carbonyl (C=O) groups is 1. The van der Waals surface area contributed by atoms with Gasteiger partial charge in [-0.05, 0) is 32.4 Å². The molecule has 0 amide bonds. The van der Waals surface area contributed by atoms with Crippen LogP contribution < -0.4 is 10.6 Å². The second-order valence-electron chi connectivity index (χ2n) is 5.69. The number of carboxylic acid groups (broad SMARTS) is 1. The lowest BCUT2D eigenvalue weighted by molar-refractivity contribution is 0.0698. The Labute approximate surface area is 118 Å². The number of nitrogens with two attached hydrogens (primary N) is 1. The highest BCUT2D eigenvalue weighted by atomic mass is 16.4. The van der Waals surface area contributed by atoms with Crippen molar-refractivity contribution in [2.24, 2.45) is 0 Å². The van der Waals surface area contributed by atoms with E-state index in [1.165, 1.54) is 25.1 Å². The molecular formula is C14H20N4O2. The molecule has 0 aromatic carbocycles. The van der Waals surface area contributed by atoms with Crippen LogP contribution in [-0.2, 0) is 0 Å². The second kappa shape index (κ2) is 4.94. The number of likely N-dealkylation sites (N-methyl/N-ethyl adjacent to an activating group) is 1. The second-order valence-corrected chi connectivity index (χ2v) is 5.69. The average molecular weight is 276 g/mol. The molecule has 6 nitrogen and oxygen atoms in total. The minimum Gasteiger partial charge on any atom is -0.478 e. The van der Waals surface area contributed by atoms with Crippen molar-refractivity contribution in [2.45, 2.75) is 31.3 Å². The number of pyridine rings is 1. The standard InChI is InChI=1S/C14H20N4O2/c1-17-9-2-3-10(17)8-18(7-5-9)13-12(15)11(14(19)20)4-6-16-13/h4,6,9-10H,2-3,5,7-8,15H2,1H3,(H,19,20). The summed E-state index contributed by atoms with van der Waals surface area (Å²) in [5.74, 6) is -0.384. The van der Waals surface area contributed by atoms with Gasteiger partial charge in [0.25, 0.3) is 0 Å². The van der Waals surface area contributed by atoms with Crippen molar-refractivity contribution in [1.29, 1.82) is 0 Å². The summed E-state index contributed by atoms with van der Waals surface area (Å²) in [6, 6.07) is 2.60. The molecule has 0 radical (unpaired) electrons. The molecule has 3 N–H and O–H groups in total. The molecule has 2 fully saturated rings. The van der Waals surface area contributed by atoms with E-state index in [1.54, 1.807) is 0 Å². The third-order valence-corrected chi connectivity index (χ3v) is 4.65. The van der Waals surface area contributed by atoms with Gasteiger partial charge in [-0.1, -0.05) is 0 Å². The van der Waals surface area contributed by atoms with Crippen molar-refractivity contribution in [3.8, 4) is 0 Å². The van der Waals surface area contributed by atoms with Crippen molar-refractivity contribution in [2.75, 3.05) is 30.8 Å². The molecule has 3 rings (SSSR count). The first-order valence-electron chi connectivity index (χ1n) is 7.02. The van der Waals surface area contributed by atoms with Gasteiger partial charge in [-0.25, -0.2) is 9.78 Å². The number of aromatic carboxylic acids is 1. The molecule has 2 saturated heterocycles. The van der Waals surface area contributed by atoms with Crippen LogP contribution in [0.3, 0.4) is 0 Å². The van der Waals surface area contributed by atoms with E-state index < -0.39 is 5.97 Å². The van der Waals surface area contributed by atoms with E-state index >= 15 is 0 Å². The zero-order valence-electron chi connectivity index (χ0n) is 11.6. The van der Waals surface area contributed by atoms with E-state index in [4.69, 9.17) is 10.8 Å². The van der Waals surface area contributed by atoms with Gasteiger partial charge >= 0.3 is 5.97 Å². The van der Waals surface area contributed by atoms with Crippen LogP contribution in [0.1, 0.15) is 29.6 Å². The van der Waals surface area contributed by atoms with Crippen LogP contribution >= 0.6 is 0 Å². The van der Waals surface area contributed by atoms with Crippen molar-refractivity contribution < 1.29 is 9.90 Å². The van der Waals surface area contributed by atoms with E-state index in [2.05, 4.69) is 21.8 Å². The minimum atomic E-state index is -1.00. The third-order valence-electron chi connectivity index (χ3n) is 4.65. The lowest BCUT2D eigenvalue weighted by atomic mass is 10.1. The maximum atomic E-state index is 11.2. The molecule has 0 aliphatic carbocycles. The number of hydrogen-bond acceptors (Lipinski definition) is 5. The molecule has 3 heterocycles. The highest BCUT2D eigenvalue weighted by Crippen LogP contribution is 2.32. The van der Waals surface area contributed by atoms with Gasteiger partial charge in [-0.2, -0.15) is 0 Å². The Morgan fingerprint density at radius 2 is 2.15 bits per heavy atom. The summed E-state index contributed by atoms with van der Waals surface area (Å²) in [6.07, 6.45) is 5.05. The number of fused-ring (bicyclic) bond motifs is 2. The number of anilines is 2. The Morgan fingerprint density at radius 3 is 2.90 bits per heavy atom. The fourth-order valence-electron chi connectivity index (χ4n) is 3.40. The SMILES string of the molecule is CN1C2CCC1CN(c1nccc(C(=O)O)c1N)CC2. The fourth-order valence-corrected chi connectivity index (χ4v) is 3.40. The number of nitrogen functional groups attached to an aromatic ring is 1. The summed E-state index contributed by atoms with van der Waals surface area (Å²) in [4.78, 5) is 20.1. The number of rotatable bonds is 2. The molecular weight excluding hydrogens is 256 g/mol. The van der Waals surface area contributed by atoms with Crippen molar-refractivity contribution in [1.82, 2.24) is 9.88 Å². The van der Waals surface area contributed by atoms with Gasteiger partial charge in [0.2, 0.25) is 0 Å². The molecule has 1 aromatic heterocycles. The monoisotopic (exact) mass is 276 g/mol. The number of carboxylic acids is 1. The number of aromatic nitrogens is 1. The first-order valence-corrected chi connectivity index (χ1v) is 7.02. The van der Waals surface area contributed by atoms with Crippen molar-refractivity contribution >= 4 is 17.5 Å². The van der Waals surface area contributed by atoms with Gasteiger partial charge in [-0.3, -0.25) is 4.90 Å². The smallest absolute Gasteiger partial charge is 0.337 e. The average Bonchev–Trinajstić information content (AvgIpc) is 2.64. The molecule has 2 unspecified atom stereocenters. The van der Waals surface area contributed by atoms with Crippen LogP contribution in [0.25, 0.3) is 0 Å². The Bertz CT molecular complexity index is 534. The van der Waals surface area contributed by atoms with Crippen LogP contribution in [-0.4, -0.2) is 53.2 Å². The Kier molecular flexibility index (Phi) is 3.25. The van der Waals surface area contributed by atoms with Gasteiger partial charge in [0.1, 0.15) is 0 Å². The van der Waals surface area contributed by atoms with E-state index in [-0.39, 0.29) is 11.3 Å². The minimum absolute atomic E-state index is 0.137. The van der Waals surface area contributed by atoms with Crippen LogP contribution in [0, 0.1) is 0 Å². The first kappa shape index (κ1) is 13.2. The molecule has 2 bridgehead atoms. The summed E-state index contributed by atoms with van der Waals surface area (Å²) < 4.78 is 0. The molecule has 2 aliphatic rings. The number of hydrogen-bond donors (Lipinski definition) is 2. The summed E-state index contributed by atoms with van der Waals surface area (Å²) in [5, 5.41) is 9.16. The molecule has 1 aromatic rings. The summed E-state index contributed by atoms with van der Waals surface area (Å²) >= 11 is 0. The Hall–Kier alpha value is -1.82. The summed E-state index contributed by atoms with van der Waals surface area (Å²) in [5.41, 5.74) is 6.42. The lowest BCUT2D eigenvalue weighted by Gasteiger charge is -2.27. The van der Waals surface area contributed by atoms with E-state index in [1.807, 2.05) is 0 Å². The quantitative estimate of drug-likeness (QED) is 0.839. The predicted molar refractivity (Wildman–Crippen MR) is 77.0 cm³/mol. The zero-order chi connectivity index (χ0) is 14.3. The largest absolute Gasteiger partial charge is 0.478 e. The fraction of sp³-hybridized carbons (Fsp3) is 0.571. The van der Waals surface area contributed by atoms with Crippen LogP contribution in [0.4, 0.5) is 11.5 Å². The molecule has 108 valence electrons. The summed E-state index contributed by atoms with van der Waals surface area (Å²) in [7, 11) is 2.18. The maximum absolute atomic E-state index is 11.2. The number of nitrogens with zero attached hydrogens (tertiary/aromatic N) is 3. The van der Waals surface area contributed by atoms with E-state index in [9.17, 15) is 4.79 Å². The summed E-state index contributed by atoms with van der Waals surface area (Å²) in [6.45, 7) is 1.75. The first-order chi connectivity index (χ1) is 9.58. The van der Waals surface area contributed by atoms with Gasteiger partial charge in [0.05, 0.1) is 11.3 Å². The third kappa shape index (κ3) is 2.10.